The highest BCUT2D eigenvalue weighted by atomic mass is 16.5. The van der Waals surface area contributed by atoms with Crippen molar-refractivity contribution in [1.29, 1.82) is 0 Å². The van der Waals surface area contributed by atoms with Crippen LogP contribution in [0.15, 0.2) is 46.5 Å². The molecule has 0 fully saturated rings. The molecule has 0 radical (unpaired) electrons. The van der Waals surface area contributed by atoms with Gasteiger partial charge in [0, 0.05) is 40.1 Å². The molecule has 10 heteroatoms. The zero-order valence-corrected chi connectivity index (χ0v) is 21.5. The van der Waals surface area contributed by atoms with Crippen molar-refractivity contribution < 1.29 is 33.6 Å². The fraction of sp³-hybridized carbons (Fsp3) is 0.720. The third kappa shape index (κ3) is 16.2. The molecule has 1 unspecified atom stereocenters. The van der Waals surface area contributed by atoms with Gasteiger partial charge < -0.3 is 33.7 Å². The number of carbonyl (C=O) groups is 1. The molecular formula is C25H43N3O7. The van der Waals surface area contributed by atoms with Crippen LogP contribution < -0.4 is 0 Å². The average molecular weight is 498 g/mol. The molecule has 1 amide bonds. The number of hydrogen-bond donors (Lipinski definition) is 1. The molecule has 1 N–H and O–H groups in total. The number of rotatable bonds is 21. The van der Waals surface area contributed by atoms with Crippen LogP contribution in [0.5, 0.6) is 0 Å². The average Bonchev–Trinajstić information content (AvgIpc) is 2.83. The van der Waals surface area contributed by atoms with Gasteiger partial charge in [-0.1, -0.05) is 6.08 Å². The molecule has 1 atom stereocenters. The summed E-state index contributed by atoms with van der Waals surface area (Å²) in [7, 11) is 1.66. The molecule has 10 nitrogen and oxygen atoms in total. The first-order chi connectivity index (χ1) is 17.0. The summed E-state index contributed by atoms with van der Waals surface area (Å²) in [6, 6.07) is 0. The standard InChI is InChI=1S/C25H43N3O7/c1-4-11-23(12-10-13-28-22-24(29)26-27-25(28,2)30)35-17-7-5-6-14-32-15-8-9-16-33-20-21-34-19-18-31-3/h4,10-13,30H,5-9,14-22H2,1-3H3/b11-4-,13-10+,23-12+. The molecule has 0 aromatic carbocycles. The maximum atomic E-state index is 11.4. The van der Waals surface area contributed by atoms with Gasteiger partial charge in [-0.05, 0) is 57.3 Å². The molecule has 1 aliphatic heterocycles. The van der Waals surface area contributed by atoms with E-state index in [4.69, 9.17) is 23.7 Å². The lowest BCUT2D eigenvalue weighted by atomic mass is 10.2. The summed E-state index contributed by atoms with van der Waals surface area (Å²) in [6.45, 7) is 8.63. The van der Waals surface area contributed by atoms with Crippen molar-refractivity contribution in [1.82, 2.24) is 4.90 Å². The molecule has 200 valence electrons. The third-order valence-electron chi connectivity index (χ3n) is 4.89. The molecule has 0 aliphatic carbocycles. The van der Waals surface area contributed by atoms with E-state index in [2.05, 4.69) is 10.2 Å². The van der Waals surface area contributed by atoms with Crippen LogP contribution >= 0.6 is 0 Å². The normalized spacial score (nSPS) is 18.9. The summed E-state index contributed by atoms with van der Waals surface area (Å²) in [4.78, 5) is 12.8. The highest BCUT2D eigenvalue weighted by molar-refractivity contribution is 5.79. The first-order valence-electron chi connectivity index (χ1n) is 12.3. The van der Waals surface area contributed by atoms with Crippen molar-refractivity contribution >= 4 is 5.91 Å². The lowest BCUT2D eigenvalue weighted by Crippen LogP contribution is -2.46. The van der Waals surface area contributed by atoms with Gasteiger partial charge in [0.05, 0.1) is 33.0 Å². The number of aliphatic hydroxyl groups is 1. The fourth-order valence-corrected chi connectivity index (χ4v) is 2.93. The Hall–Kier alpha value is -2.11. The Labute approximate surface area is 209 Å². The molecule has 0 aromatic rings. The number of carbonyl (C=O) groups excluding carboxylic acids is 1. The zero-order chi connectivity index (χ0) is 25.6. The number of hydrogen-bond acceptors (Lipinski definition) is 9. The van der Waals surface area contributed by atoms with Gasteiger partial charge in [-0.3, -0.25) is 4.79 Å². The van der Waals surface area contributed by atoms with Crippen LogP contribution in [0.25, 0.3) is 0 Å². The topological polar surface area (TPSA) is 111 Å². The Balaban J connectivity index is 2.04. The van der Waals surface area contributed by atoms with Gasteiger partial charge in [0.1, 0.15) is 12.3 Å². The molecule has 1 heterocycles. The molecule has 1 rings (SSSR count). The van der Waals surface area contributed by atoms with E-state index in [1.165, 1.54) is 11.8 Å². The van der Waals surface area contributed by atoms with Crippen LogP contribution in [0.1, 0.15) is 46.0 Å². The van der Waals surface area contributed by atoms with Crippen LogP contribution in [-0.2, 0) is 28.5 Å². The molecule has 0 spiro atoms. The zero-order valence-electron chi connectivity index (χ0n) is 21.5. The summed E-state index contributed by atoms with van der Waals surface area (Å²) in [5.41, 5.74) is 0. The Kier molecular flexibility index (Phi) is 17.8. The van der Waals surface area contributed by atoms with Gasteiger partial charge in [-0.2, -0.15) is 0 Å². The van der Waals surface area contributed by atoms with Crippen molar-refractivity contribution in [3.05, 3.63) is 36.3 Å². The molecule has 35 heavy (non-hydrogen) atoms. The lowest BCUT2D eigenvalue weighted by Gasteiger charge is -2.32. The van der Waals surface area contributed by atoms with Crippen molar-refractivity contribution in [2.45, 2.75) is 51.8 Å². The second-order valence-electron chi connectivity index (χ2n) is 8.05. The van der Waals surface area contributed by atoms with E-state index in [-0.39, 0.29) is 6.54 Å². The van der Waals surface area contributed by atoms with E-state index >= 15 is 0 Å². The number of methoxy groups -OCH3 is 1. The van der Waals surface area contributed by atoms with Gasteiger partial charge in [0.15, 0.2) is 0 Å². The third-order valence-corrected chi connectivity index (χ3v) is 4.89. The summed E-state index contributed by atoms with van der Waals surface area (Å²) in [5.74, 6) is -1.23. The number of unbranched alkanes of at least 4 members (excludes halogenated alkanes) is 3. The van der Waals surface area contributed by atoms with Crippen LogP contribution in [0.4, 0.5) is 0 Å². The van der Waals surface area contributed by atoms with Crippen molar-refractivity contribution in [2.75, 3.05) is 66.5 Å². The first kappa shape index (κ1) is 30.9. The lowest BCUT2D eigenvalue weighted by molar-refractivity contribution is -0.133. The first-order valence-corrected chi connectivity index (χ1v) is 12.3. The number of ether oxygens (including phenoxy) is 5. The van der Waals surface area contributed by atoms with Crippen molar-refractivity contribution in [3.63, 3.8) is 0 Å². The van der Waals surface area contributed by atoms with Crippen molar-refractivity contribution in [2.24, 2.45) is 10.2 Å². The highest BCUT2D eigenvalue weighted by Crippen LogP contribution is 2.18. The summed E-state index contributed by atoms with van der Waals surface area (Å²) >= 11 is 0. The molecule has 0 saturated heterocycles. The van der Waals surface area contributed by atoms with Crippen LogP contribution in [0.3, 0.4) is 0 Å². The fourth-order valence-electron chi connectivity index (χ4n) is 2.93. The smallest absolute Gasteiger partial charge is 0.283 e. The predicted molar refractivity (Wildman–Crippen MR) is 133 cm³/mol. The Morgan fingerprint density at radius 3 is 2.26 bits per heavy atom. The highest BCUT2D eigenvalue weighted by Gasteiger charge is 2.31. The molecule has 0 saturated carbocycles. The number of nitrogens with zero attached hydrogens (tertiary/aromatic N) is 3. The van der Waals surface area contributed by atoms with E-state index in [0.717, 1.165) is 51.9 Å². The predicted octanol–water partition coefficient (Wildman–Crippen LogP) is 3.58. The summed E-state index contributed by atoms with van der Waals surface area (Å²) in [5, 5.41) is 17.2. The Bertz CT molecular complexity index is 678. The quantitative estimate of drug-likeness (QED) is 0.146. The summed E-state index contributed by atoms with van der Waals surface area (Å²) < 4.78 is 27.2. The van der Waals surface area contributed by atoms with E-state index in [1.807, 2.05) is 19.1 Å². The van der Waals surface area contributed by atoms with Gasteiger partial charge in [-0.25, -0.2) is 0 Å². The van der Waals surface area contributed by atoms with Gasteiger partial charge in [0.25, 0.3) is 11.8 Å². The number of amides is 1. The van der Waals surface area contributed by atoms with Crippen LogP contribution in [-0.4, -0.2) is 88.3 Å². The van der Waals surface area contributed by atoms with E-state index in [0.29, 0.717) is 38.8 Å². The molecule has 1 aliphatic rings. The molecule has 0 bridgehead atoms. The Morgan fingerprint density at radius 2 is 1.57 bits per heavy atom. The number of azo groups is 1. The van der Waals surface area contributed by atoms with Crippen LogP contribution in [0.2, 0.25) is 0 Å². The van der Waals surface area contributed by atoms with Gasteiger partial charge >= 0.3 is 0 Å². The molecular weight excluding hydrogens is 454 g/mol. The maximum absolute atomic E-state index is 11.4. The summed E-state index contributed by atoms with van der Waals surface area (Å²) in [6.07, 6.45) is 13.8. The second-order valence-corrected chi connectivity index (χ2v) is 8.05. The SMILES string of the molecule is C\C=C/C(=C\C=C\N1CC(=O)N=NC1(C)O)OCCCCCOCCCCOCCOCCOC. The minimum absolute atomic E-state index is 0.0262. The van der Waals surface area contributed by atoms with Crippen LogP contribution in [0, 0.1) is 0 Å². The van der Waals surface area contributed by atoms with E-state index < -0.39 is 11.8 Å². The molecule has 0 aromatic heterocycles. The van der Waals surface area contributed by atoms with Gasteiger partial charge in [-0.15, -0.1) is 10.2 Å². The minimum Gasteiger partial charge on any atom is -0.494 e. The minimum atomic E-state index is -1.53. The van der Waals surface area contributed by atoms with Gasteiger partial charge in [0.2, 0.25) is 0 Å². The Morgan fingerprint density at radius 1 is 0.971 bits per heavy atom. The van der Waals surface area contributed by atoms with Crippen molar-refractivity contribution in [3.8, 4) is 0 Å². The van der Waals surface area contributed by atoms with E-state index in [1.54, 1.807) is 25.5 Å². The second kappa shape index (κ2) is 20.1. The monoisotopic (exact) mass is 497 g/mol. The maximum Gasteiger partial charge on any atom is 0.283 e. The largest absolute Gasteiger partial charge is 0.494 e. The van der Waals surface area contributed by atoms with E-state index in [9.17, 15) is 9.90 Å². The number of allylic oxidation sites excluding steroid dienone is 4.